The molecule has 1 aliphatic rings. The Kier molecular flexibility index (Phi) is 7.20. The fourth-order valence-electron chi connectivity index (χ4n) is 9.66. The maximum atomic E-state index is 5.33. The van der Waals surface area contributed by atoms with Crippen molar-refractivity contribution in [3.05, 3.63) is 199 Å². The second-order valence-corrected chi connectivity index (χ2v) is 16.1. The van der Waals surface area contributed by atoms with Crippen LogP contribution < -0.4 is 0 Å². The molecule has 8 aromatic carbocycles. The summed E-state index contributed by atoms with van der Waals surface area (Å²) in [5, 5.41) is 4.62. The average molecular weight is 756 g/mol. The number of hydrogen-bond donors (Lipinski definition) is 0. The van der Waals surface area contributed by atoms with Gasteiger partial charge in [-0.15, -0.1) is 0 Å². The Morgan fingerprint density at radius 1 is 0.356 bits per heavy atom. The van der Waals surface area contributed by atoms with Gasteiger partial charge in [0.1, 0.15) is 0 Å². The van der Waals surface area contributed by atoms with Crippen molar-refractivity contribution in [2.75, 3.05) is 0 Å². The lowest BCUT2D eigenvalue weighted by atomic mass is 9.82. The number of nitrogens with zero attached hydrogens (tertiary/aromatic N) is 5. The SMILES string of the molecule is CC1(C)c2ccccc2-c2c(-c3cccc(-c4cccc(-c5nc(-n6c7ccccc7c7ccccc76)nc(-n6c7ccccc7c7ccccc76)n5)c4)c3)cccc21. The fraction of sp³-hybridized carbons (Fsp3) is 0.0556. The van der Waals surface area contributed by atoms with Crippen LogP contribution >= 0.6 is 0 Å². The van der Waals surface area contributed by atoms with Crippen LogP contribution in [0.5, 0.6) is 0 Å². The molecule has 0 N–H and O–H groups in total. The summed E-state index contributed by atoms with van der Waals surface area (Å²) >= 11 is 0. The first kappa shape index (κ1) is 33.5. The number of benzene rings is 8. The molecule has 0 spiro atoms. The lowest BCUT2D eigenvalue weighted by Crippen LogP contribution is -2.14. The first-order chi connectivity index (χ1) is 29.0. The van der Waals surface area contributed by atoms with Crippen LogP contribution in [0, 0.1) is 0 Å². The summed E-state index contributed by atoms with van der Waals surface area (Å²) in [5.41, 5.74) is 15.1. The maximum Gasteiger partial charge on any atom is 0.240 e. The number of hydrogen-bond acceptors (Lipinski definition) is 3. The van der Waals surface area contributed by atoms with E-state index in [9.17, 15) is 0 Å². The molecule has 0 aliphatic heterocycles. The smallest absolute Gasteiger partial charge is 0.240 e. The van der Waals surface area contributed by atoms with Crippen molar-refractivity contribution in [2.45, 2.75) is 19.3 Å². The van der Waals surface area contributed by atoms with E-state index >= 15 is 0 Å². The van der Waals surface area contributed by atoms with Gasteiger partial charge in [-0.05, 0) is 80.9 Å². The van der Waals surface area contributed by atoms with E-state index < -0.39 is 0 Å². The van der Waals surface area contributed by atoms with Crippen LogP contribution in [0.25, 0.3) is 100 Å². The molecule has 0 bridgehead atoms. The molecule has 3 heterocycles. The molecule has 0 atom stereocenters. The summed E-state index contributed by atoms with van der Waals surface area (Å²) in [6, 6.07) is 67.1. The zero-order valence-corrected chi connectivity index (χ0v) is 32.6. The minimum absolute atomic E-state index is 0.0609. The average Bonchev–Trinajstić information content (AvgIpc) is 3.90. The summed E-state index contributed by atoms with van der Waals surface area (Å²) in [6.07, 6.45) is 0. The number of fused-ring (bicyclic) bond motifs is 9. The van der Waals surface area contributed by atoms with E-state index in [1.807, 2.05) is 0 Å². The first-order valence-electron chi connectivity index (χ1n) is 20.2. The van der Waals surface area contributed by atoms with E-state index in [0.29, 0.717) is 17.7 Å². The Balaban J connectivity index is 1.05. The summed E-state index contributed by atoms with van der Waals surface area (Å²) < 4.78 is 4.36. The molecule has 1 aliphatic carbocycles. The van der Waals surface area contributed by atoms with Crippen molar-refractivity contribution < 1.29 is 0 Å². The van der Waals surface area contributed by atoms with Crippen LogP contribution in [0.3, 0.4) is 0 Å². The van der Waals surface area contributed by atoms with Crippen molar-refractivity contribution in [1.29, 1.82) is 0 Å². The predicted molar refractivity (Wildman–Crippen MR) is 242 cm³/mol. The van der Waals surface area contributed by atoms with E-state index in [0.717, 1.165) is 60.3 Å². The van der Waals surface area contributed by atoms with E-state index in [1.54, 1.807) is 0 Å². The Bertz CT molecular complexity index is 3260. The predicted octanol–water partition coefficient (Wildman–Crippen LogP) is 13.4. The molecular formula is C54H37N5. The Hall–Kier alpha value is -7.63. The molecule has 11 aromatic rings. The minimum Gasteiger partial charge on any atom is -0.278 e. The standard InChI is InChI=1S/C54H37N5/c1-54(2)44-26-8-3-24-43(44)50-38(25-15-27-45(50)54)36-18-13-16-34(32-36)35-17-14-19-37(33-35)51-55-52(58-46-28-9-4-20-39(46)40-21-5-10-29-47(40)58)57-53(56-51)59-48-30-11-6-22-41(48)42-23-7-12-31-49(42)59/h3-33H,1-2H3. The van der Waals surface area contributed by atoms with Crippen LogP contribution in [-0.4, -0.2) is 24.1 Å². The highest BCUT2D eigenvalue weighted by Crippen LogP contribution is 2.52. The molecule has 59 heavy (non-hydrogen) atoms. The third kappa shape index (κ3) is 5.01. The van der Waals surface area contributed by atoms with Gasteiger partial charge in [0.05, 0.1) is 22.1 Å². The highest BCUT2D eigenvalue weighted by atomic mass is 15.3. The Labute approximate surface area is 341 Å². The normalized spacial score (nSPS) is 13.1. The molecule has 0 radical (unpaired) electrons. The number of para-hydroxylation sites is 4. The van der Waals surface area contributed by atoms with E-state index in [-0.39, 0.29) is 5.41 Å². The monoisotopic (exact) mass is 755 g/mol. The Morgan fingerprint density at radius 3 is 1.32 bits per heavy atom. The van der Waals surface area contributed by atoms with E-state index in [1.165, 1.54) is 33.4 Å². The van der Waals surface area contributed by atoms with Crippen molar-refractivity contribution in [2.24, 2.45) is 0 Å². The zero-order valence-electron chi connectivity index (χ0n) is 32.6. The molecule has 0 saturated heterocycles. The van der Waals surface area contributed by atoms with Crippen LogP contribution in [0.15, 0.2) is 188 Å². The van der Waals surface area contributed by atoms with Crippen molar-refractivity contribution in [1.82, 2.24) is 24.1 Å². The second-order valence-electron chi connectivity index (χ2n) is 16.1. The van der Waals surface area contributed by atoms with Crippen LogP contribution in [0.1, 0.15) is 25.0 Å². The minimum atomic E-state index is -0.0609. The number of rotatable bonds is 5. The lowest BCUT2D eigenvalue weighted by Gasteiger charge is -2.21. The van der Waals surface area contributed by atoms with Gasteiger partial charge < -0.3 is 0 Å². The third-order valence-corrected chi connectivity index (χ3v) is 12.4. The highest BCUT2D eigenvalue weighted by molar-refractivity contribution is 6.10. The molecule has 0 fully saturated rings. The quantitative estimate of drug-likeness (QED) is 0.176. The van der Waals surface area contributed by atoms with Crippen molar-refractivity contribution in [3.63, 3.8) is 0 Å². The molecule has 278 valence electrons. The van der Waals surface area contributed by atoms with E-state index in [4.69, 9.17) is 15.0 Å². The van der Waals surface area contributed by atoms with Gasteiger partial charge in [-0.25, -0.2) is 0 Å². The molecule has 5 heteroatoms. The topological polar surface area (TPSA) is 48.5 Å². The highest BCUT2D eigenvalue weighted by Gasteiger charge is 2.36. The number of aromatic nitrogens is 5. The van der Waals surface area contributed by atoms with Gasteiger partial charge >= 0.3 is 0 Å². The Morgan fingerprint density at radius 2 is 0.763 bits per heavy atom. The largest absolute Gasteiger partial charge is 0.278 e. The van der Waals surface area contributed by atoms with Gasteiger partial charge in [-0.3, -0.25) is 9.13 Å². The summed E-state index contributed by atoms with van der Waals surface area (Å²) in [5.74, 6) is 1.74. The third-order valence-electron chi connectivity index (χ3n) is 12.4. The van der Waals surface area contributed by atoms with Gasteiger partial charge in [0.25, 0.3) is 0 Å². The zero-order chi connectivity index (χ0) is 39.2. The molecule has 0 saturated carbocycles. The maximum absolute atomic E-state index is 5.33. The van der Waals surface area contributed by atoms with Gasteiger partial charge in [-0.2, -0.15) is 15.0 Å². The van der Waals surface area contributed by atoms with Crippen LogP contribution in [0.2, 0.25) is 0 Å². The summed E-state index contributed by atoms with van der Waals surface area (Å²) in [4.78, 5) is 16.0. The lowest BCUT2D eigenvalue weighted by molar-refractivity contribution is 0.660. The van der Waals surface area contributed by atoms with Gasteiger partial charge in [0, 0.05) is 32.5 Å². The van der Waals surface area contributed by atoms with Crippen LogP contribution in [0.4, 0.5) is 0 Å². The molecule has 0 unspecified atom stereocenters. The molecule has 0 amide bonds. The molecule has 3 aromatic heterocycles. The molecule has 5 nitrogen and oxygen atoms in total. The van der Waals surface area contributed by atoms with Gasteiger partial charge in [0.2, 0.25) is 11.9 Å². The van der Waals surface area contributed by atoms with Gasteiger partial charge in [-0.1, -0.05) is 166 Å². The van der Waals surface area contributed by atoms with Crippen LogP contribution in [-0.2, 0) is 5.41 Å². The molecule has 12 rings (SSSR count). The molecular weight excluding hydrogens is 719 g/mol. The van der Waals surface area contributed by atoms with Gasteiger partial charge in [0.15, 0.2) is 5.82 Å². The van der Waals surface area contributed by atoms with Crippen molar-refractivity contribution >= 4 is 43.6 Å². The van der Waals surface area contributed by atoms with E-state index in [2.05, 4.69) is 211 Å². The van der Waals surface area contributed by atoms with Crippen molar-refractivity contribution in [3.8, 4) is 56.7 Å². The summed E-state index contributed by atoms with van der Waals surface area (Å²) in [6.45, 7) is 4.67. The first-order valence-corrected chi connectivity index (χ1v) is 20.2. The fourth-order valence-corrected chi connectivity index (χ4v) is 9.66. The summed E-state index contributed by atoms with van der Waals surface area (Å²) in [7, 11) is 0. The second kappa shape index (κ2) is 12.7.